The number of rotatable bonds is 8. The van der Waals surface area contributed by atoms with Gasteiger partial charge in [0.2, 0.25) is 5.91 Å². The van der Waals surface area contributed by atoms with Gasteiger partial charge in [-0.25, -0.2) is 4.68 Å². The van der Waals surface area contributed by atoms with Crippen LogP contribution in [0.25, 0.3) is 10.8 Å². The Morgan fingerprint density at radius 2 is 1.61 bits per heavy atom. The Bertz CT molecular complexity index is 1110. The van der Waals surface area contributed by atoms with E-state index in [1.54, 1.807) is 24.3 Å². The van der Waals surface area contributed by atoms with Gasteiger partial charge in [-0.1, -0.05) is 75.2 Å². The highest BCUT2D eigenvalue weighted by Gasteiger charge is 2.21. The summed E-state index contributed by atoms with van der Waals surface area (Å²) < 4.78 is 1.34. The number of nitrogens with zero attached hydrogens (tertiary/aromatic N) is 2. The topological polar surface area (TPSA) is 93.1 Å². The first-order chi connectivity index (χ1) is 15.1. The van der Waals surface area contributed by atoms with Crippen LogP contribution in [0.3, 0.4) is 0 Å². The molecule has 7 nitrogen and oxygen atoms in total. The Hall–Kier alpha value is -3.48. The lowest BCUT2D eigenvalue weighted by Crippen LogP contribution is -2.44. The van der Waals surface area contributed by atoms with Gasteiger partial charge >= 0.3 is 0 Å². The van der Waals surface area contributed by atoms with Crippen LogP contribution in [-0.4, -0.2) is 21.6 Å². The zero-order valence-corrected chi connectivity index (χ0v) is 17.9. The van der Waals surface area contributed by atoms with Gasteiger partial charge in [-0.05, 0) is 24.5 Å². The first-order valence-electron chi connectivity index (χ1n) is 10.7. The highest BCUT2D eigenvalue weighted by atomic mass is 16.2. The summed E-state index contributed by atoms with van der Waals surface area (Å²) in [5.41, 5.74) is 5.76. The molecule has 3 aromatic rings. The van der Waals surface area contributed by atoms with Gasteiger partial charge in [-0.3, -0.25) is 25.2 Å². The van der Waals surface area contributed by atoms with Crippen LogP contribution in [0.15, 0.2) is 59.4 Å². The molecule has 0 aliphatic rings. The summed E-state index contributed by atoms with van der Waals surface area (Å²) in [5.74, 6) is -1.24. The smallest absolute Gasteiger partial charge is 0.273 e. The van der Waals surface area contributed by atoms with Crippen molar-refractivity contribution in [2.75, 3.05) is 0 Å². The lowest BCUT2D eigenvalue weighted by Gasteiger charge is -2.16. The fraction of sp³-hybridized carbons (Fsp3) is 0.333. The summed E-state index contributed by atoms with van der Waals surface area (Å²) in [5, 5.41) is 5.21. The van der Waals surface area contributed by atoms with E-state index in [9.17, 15) is 14.4 Å². The van der Waals surface area contributed by atoms with Crippen molar-refractivity contribution >= 4 is 22.6 Å². The van der Waals surface area contributed by atoms with Gasteiger partial charge in [-0.15, -0.1) is 0 Å². The third-order valence-electron chi connectivity index (χ3n) is 5.28. The quantitative estimate of drug-likeness (QED) is 0.431. The second-order valence-corrected chi connectivity index (χ2v) is 7.44. The molecule has 0 saturated heterocycles. The van der Waals surface area contributed by atoms with E-state index in [-0.39, 0.29) is 23.1 Å². The number of nitrogens with one attached hydrogen (secondary N) is 2. The number of carbonyl (C=O) groups excluding carboxylic acids is 2. The van der Waals surface area contributed by atoms with E-state index >= 15 is 0 Å². The van der Waals surface area contributed by atoms with Crippen LogP contribution in [-0.2, 0) is 11.3 Å². The van der Waals surface area contributed by atoms with Crippen molar-refractivity contribution in [3.8, 4) is 0 Å². The minimum atomic E-state index is -0.559. The molecular formula is C24H28N4O3. The van der Waals surface area contributed by atoms with E-state index in [0.717, 1.165) is 24.8 Å². The summed E-state index contributed by atoms with van der Waals surface area (Å²) in [6, 6.07) is 16.3. The molecule has 0 saturated carbocycles. The van der Waals surface area contributed by atoms with Gasteiger partial charge in [-0.2, -0.15) is 5.10 Å². The molecule has 0 unspecified atom stereocenters. The molecule has 0 bridgehead atoms. The number of carbonyl (C=O) groups is 2. The average molecular weight is 421 g/mol. The van der Waals surface area contributed by atoms with Crippen LogP contribution in [0.4, 0.5) is 0 Å². The molecule has 0 aliphatic heterocycles. The van der Waals surface area contributed by atoms with Gasteiger partial charge in [0.1, 0.15) is 0 Å². The van der Waals surface area contributed by atoms with Gasteiger partial charge in [0.15, 0.2) is 5.69 Å². The molecule has 1 aromatic heterocycles. The maximum Gasteiger partial charge on any atom is 0.290 e. The molecule has 7 heteroatoms. The minimum Gasteiger partial charge on any atom is -0.273 e. The monoisotopic (exact) mass is 420 g/mol. The maximum atomic E-state index is 12.9. The van der Waals surface area contributed by atoms with Crippen molar-refractivity contribution in [2.45, 2.75) is 52.0 Å². The SMILES string of the molecule is CCCCCn1nc(C(=O)NNC(=O)[C@H](CC)c2ccccc2)c2ccccc2c1=O. The predicted molar refractivity (Wildman–Crippen MR) is 121 cm³/mol. The Morgan fingerprint density at radius 3 is 2.29 bits per heavy atom. The van der Waals surface area contributed by atoms with E-state index < -0.39 is 5.91 Å². The van der Waals surface area contributed by atoms with Crippen LogP contribution < -0.4 is 16.4 Å². The average Bonchev–Trinajstić information content (AvgIpc) is 2.80. The molecule has 2 amide bonds. The molecule has 1 atom stereocenters. The van der Waals surface area contributed by atoms with Crippen molar-refractivity contribution in [3.63, 3.8) is 0 Å². The number of amides is 2. The number of aryl methyl sites for hydroxylation is 1. The molecule has 2 N–H and O–H groups in total. The highest BCUT2D eigenvalue weighted by Crippen LogP contribution is 2.19. The molecule has 0 aliphatic carbocycles. The van der Waals surface area contributed by atoms with Gasteiger partial charge in [0.05, 0.1) is 11.3 Å². The van der Waals surface area contributed by atoms with Crippen molar-refractivity contribution in [3.05, 3.63) is 76.2 Å². The zero-order valence-electron chi connectivity index (χ0n) is 17.9. The molecule has 2 aromatic carbocycles. The minimum absolute atomic E-state index is 0.111. The van der Waals surface area contributed by atoms with Gasteiger partial charge in [0.25, 0.3) is 11.5 Å². The standard InChI is InChI=1S/C24H28N4O3/c1-3-5-11-16-28-24(31)20-15-10-9-14-19(20)21(27-28)23(30)26-25-22(29)18(4-2)17-12-7-6-8-13-17/h6-10,12-15,18H,3-5,11,16H2,1-2H3,(H,25,29)(H,26,30)/t18-/m1/s1. The summed E-state index contributed by atoms with van der Waals surface area (Å²) in [4.78, 5) is 38.3. The van der Waals surface area contributed by atoms with E-state index in [0.29, 0.717) is 23.7 Å². The Morgan fingerprint density at radius 1 is 0.935 bits per heavy atom. The summed E-state index contributed by atoms with van der Waals surface area (Å²) in [6.45, 7) is 4.44. The maximum absolute atomic E-state index is 12.9. The van der Waals surface area contributed by atoms with Crippen molar-refractivity contribution < 1.29 is 9.59 Å². The summed E-state index contributed by atoms with van der Waals surface area (Å²) in [6.07, 6.45) is 3.38. The Balaban J connectivity index is 1.82. The molecule has 1 heterocycles. The number of hydrogen-bond donors (Lipinski definition) is 2. The van der Waals surface area contributed by atoms with Gasteiger partial charge in [0, 0.05) is 11.9 Å². The molecule has 31 heavy (non-hydrogen) atoms. The third-order valence-corrected chi connectivity index (χ3v) is 5.28. The number of fused-ring (bicyclic) bond motifs is 1. The molecular weight excluding hydrogens is 392 g/mol. The fourth-order valence-corrected chi connectivity index (χ4v) is 3.59. The van der Waals surface area contributed by atoms with E-state index in [4.69, 9.17) is 0 Å². The number of benzene rings is 2. The van der Waals surface area contributed by atoms with E-state index in [1.165, 1.54) is 4.68 Å². The normalized spacial score (nSPS) is 11.8. The van der Waals surface area contributed by atoms with Crippen LogP contribution in [0.5, 0.6) is 0 Å². The molecule has 0 radical (unpaired) electrons. The zero-order chi connectivity index (χ0) is 22.2. The summed E-state index contributed by atoms with van der Waals surface area (Å²) in [7, 11) is 0. The second-order valence-electron chi connectivity index (χ2n) is 7.44. The van der Waals surface area contributed by atoms with E-state index in [1.807, 2.05) is 37.3 Å². The first kappa shape index (κ1) is 22.2. The second kappa shape index (κ2) is 10.5. The van der Waals surface area contributed by atoms with Crippen molar-refractivity contribution in [2.24, 2.45) is 0 Å². The highest BCUT2D eigenvalue weighted by molar-refractivity contribution is 6.05. The molecule has 3 rings (SSSR count). The largest absolute Gasteiger partial charge is 0.290 e. The van der Waals surface area contributed by atoms with Crippen molar-refractivity contribution in [1.82, 2.24) is 20.6 Å². The van der Waals surface area contributed by atoms with Crippen molar-refractivity contribution in [1.29, 1.82) is 0 Å². The Kier molecular flexibility index (Phi) is 7.54. The molecule has 162 valence electrons. The number of hydrazine groups is 1. The number of aromatic nitrogens is 2. The fourth-order valence-electron chi connectivity index (χ4n) is 3.59. The van der Waals surface area contributed by atoms with Crippen LogP contribution >= 0.6 is 0 Å². The Labute approximate surface area is 181 Å². The van der Waals surface area contributed by atoms with Crippen LogP contribution in [0.1, 0.15) is 61.5 Å². The first-order valence-corrected chi connectivity index (χ1v) is 10.7. The lowest BCUT2D eigenvalue weighted by atomic mass is 9.96. The summed E-state index contributed by atoms with van der Waals surface area (Å²) >= 11 is 0. The number of unbranched alkanes of at least 4 members (excludes halogenated alkanes) is 2. The van der Waals surface area contributed by atoms with Crippen LogP contribution in [0.2, 0.25) is 0 Å². The predicted octanol–water partition coefficient (Wildman–Crippen LogP) is 3.54. The van der Waals surface area contributed by atoms with Crippen LogP contribution in [0, 0.1) is 0 Å². The lowest BCUT2D eigenvalue weighted by molar-refractivity contribution is -0.123. The molecule has 0 fully saturated rings. The number of hydrogen-bond acceptors (Lipinski definition) is 4. The van der Waals surface area contributed by atoms with Gasteiger partial charge < -0.3 is 0 Å². The third kappa shape index (κ3) is 5.17. The molecule has 0 spiro atoms. The van der Waals surface area contributed by atoms with E-state index in [2.05, 4.69) is 22.9 Å².